The van der Waals surface area contributed by atoms with Gasteiger partial charge in [0.1, 0.15) is 0 Å². The molecule has 1 aliphatic rings. The Morgan fingerprint density at radius 3 is 2.71 bits per heavy atom. The second kappa shape index (κ2) is 6.02. The highest BCUT2D eigenvalue weighted by atomic mass is 16.1. The van der Waals surface area contributed by atoms with Gasteiger partial charge in [-0.3, -0.25) is 4.79 Å². The first-order valence-corrected chi connectivity index (χ1v) is 5.73. The summed E-state index contributed by atoms with van der Waals surface area (Å²) >= 11 is 0. The third kappa shape index (κ3) is 3.66. The molecule has 1 rings (SSSR count). The highest BCUT2D eigenvalue weighted by molar-refractivity contribution is 5.76. The molecule has 0 heterocycles. The maximum absolute atomic E-state index is 11.4. The summed E-state index contributed by atoms with van der Waals surface area (Å²) in [4.78, 5) is 11.4. The van der Waals surface area contributed by atoms with Crippen LogP contribution in [0.1, 0.15) is 45.4 Å². The van der Waals surface area contributed by atoms with Gasteiger partial charge in [-0.2, -0.15) is 0 Å². The van der Waals surface area contributed by atoms with E-state index in [9.17, 15) is 4.79 Å². The van der Waals surface area contributed by atoms with E-state index in [1.54, 1.807) is 0 Å². The van der Waals surface area contributed by atoms with Crippen molar-refractivity contribution < 1.29 is 4.79 Å². The molecule has 3 nitrogen and oxygen atoms in total. The molecule has 14 heavy (non-hydrogen) atoms. The molecular formula is C11H22N2O. The average molecular weight is 198 g/mol. The molecular weight excluding hydrogens is 176 g/mol. The maximum Gasteiger partial charge on any atom is 0.220 e. The van der Waals surface area contributed by atoms with Crippen LogP contribution in [0, 0.1) is 5.92 Å². The Kier molecular flexibility index (Phi) is 4.94. The number of nitrogens with one attached hydrogen (secondary N) is 1. The minimum absolute atomic E-state index is 0.162. The largest absolute Gasteiger partial charge is 0.353 e. The van der Waals surface area contributed by atoms with Crippen molar-refractivity contribution in [3.63, 3.8) is 0 Å². The minimum atomic E-state index is 0.162. The number of carbonyl (C=O) groups excluding carboxylic acids is 1. The van der Waals surface area contributed by atoms with Crippen molar-refractivity contribution in [3.8, 4) is 0 Å². The maximum atomic E-state index is 11.4. The van der Waals surface area contributed by atoms with E-state index >= 15 is 0 Å². The molecule has 1 atom stereocenters. The van der Waals surface area contributed by atoms with Crippen LogP contribution in [0.3, 0.4) is 0 Å². The first-order valence-electron chi connectivity index (χ1n) is 5.73. The van der Waals surface area contributed by atoms with E-state index in [-0.39, 0.29) is 5.91 Å². The van der Waals surface area contributed by atoms with Crippen LogP contribution in [0.15, 0.2) is 0 Å². The van der Waals surface area contributed by atoms with E-state index in [4.69, 9.17) is 5.73 Å². The fourth-order valence-electron chi connectivity index (χ4n) is 2.16. The quantitative estimate of drug-likeness (QED) is 0.702. The second-order valence-corrected chi connectivity index (χ2v) is 4.29. The minimum Gasteiger partial charge on any atom is -0.353 e. The van der Waals surface area contributed by atoms with Crippen LogP contribution in [0.4, 0.5) is 0 Å². The Bertz CT molecular complexity index is 176. The number of amides is 1. The topological polar surface area (TPSA) is 55.1 Å². The molecule has 0 radical (unpaired) electrons. The Labute approximate surface area is 86.4 Å². The van der Waals surface area contributed by atoms with E-state index in [0.29, 0.717) is 24.9 Å². The third-order valence-electron chi connectivity index (χ3n) is 3.10. The van der Waals surface area contributed by atoms with E-state index < -0.39 is 0 Å². The summed E-state index contributed by atoms with van der Waals surface area (Å²) in [6, 6.07) is 0.350. The molecule has 0 aromatic rings. The number of hydrogen-bond acceptors (Lipinski definition) is 2. The van der Waals surface area contributed by atoms with Crippen LogP contribution in [0.2, 0.25) is 0 Å². The fraction of sp³-hybridized carbons (Fsp3) is 0.909. The highest BCUT2D eigenvalue weighted by Crippen LogP contribution is 2.27. The zero-order chi connectivity index (χ0) is 10.4. The molecule has 1 aliphatic carbocycles. The van der Waals surface area contributed by atoms with Crippen molar-refractivity contribution in [3.05, 3.63) is 0 Å². The van der Waals surface area contributed by atoms with Crippen molar-refractivity contribution in [2.45, 2.75) is 51.5 Å². The van der Waals surface area contributed by atoms with Gasteiger partial charge in [-0.15, -0.1) is 0 Å². The summed E-state index contributed by atoms with van der Waals surface area (Å²) in [5.41, 5.74) is 5.35. The van der Waals surface area contributed by atoms with E-state index in [0.717, 1.165) is 6.42 Å². The van der Waals surface area contributed by atoms with Gasteiger partial charge in [0.2, 0.25) is 5.91 Å². The Balaban J connectivity index is 2.18. The van der Waals surface area contributed by atoms with Crippen molar-refractivity contribution in [2.75, 3.05) is 6.54 Å². The first-order chi connectivity index (χ1) is 6.74. The predicted octanol–water partition coefficient (Wildman–Crippen LogP) is 1.42. The molecule has 0 bridgehead atoms. The lowest BCUT2D eigenvalue weighted by Gasteiger charge is -2.20. The van der Waals surface area contributed by atoms with Gasteiger partial charge in [0, 0.05) is 12.5 Å². The molecule has 1 saturated carbocycles. The Morgan fingerprint density at radius 1 is 1.50 bits per heavy atom. The number of nitrogens with two attached hydrogens (primary N) is 1. The zero-order valence-electron chi connectivity index (χ0n) is 9.09. The molecule has 0 aromatic heterocycles. The van der Waals surface area contributed by atoms with Crippen molar-refractivity contribution in [1.29, 1.82) is 0 Å². The lowest BCUT2D eigenvalue weighted by molar-refractivity contribution is -0.122. The standard InChI is InChI=1S/C11H22N2O/c1-9(10-5-2-3-6-10)13-11(14)7-4-8-12/h9-10H,2-8,12H2,1H3,(H,13,14)/t9-/m1/s1. The van der Waals surface area contributed by atoms with E-state index in [1.807, 2.05) is 0 Å². The first kappa shape index (κ1) is 11.5. The molecule has 0 aliphatic heterocycles. The molecule has 3 heteroatoms. The smallest absolute Gasteiger partial charge is 0.220 e. The lowest BCUT2D eigenvalue weighted by atomic mass is 10.00. The summed E-state index contributed by atoms with van der Waals surface area (Å²) in [7, 11) is 0. The zero-order valence-corrected chi connectivity index (χ0v) is 9.09. The van der Waals surface area contributed by atoms with Gasteiger partial charge in [-0.05, 0) is 38.6 Å². The summed E-state index contributed by atoms with van der Waals surface area (Å²) in [6.07, 6.45) is 6.58. The number of hydrogen-bond donors (Lipinski definition) is 2. The molecule has 1 amide bonds. The van der Waals surface area contributed by atoms with Crippen LogP contribution >= 0.6 is 0 Å². The van der Waals surface area contributed by atoms with Crippen molar-refractivity contribution in [2.24, 2.45) is 11.7 Å². The molecule has 0 aromatic carbocycles. The predicted molar refractivity (Wildman–Crippen MR) is 57.9 cm³/mol. The van der Waals surface area contributed by atoms with Crippen LogP contribution in [0.5, 0.6) is 0 Å². The Hall–Kier alpha value is -0.570. The van der Waals surface area contributed by atoms with Crippen molar-refractivity contribution in [1.82, 2.24) is 5.32 Å². The van der Waals surface area contributed by atoms with Gasteiger partial charge in [-0.1, -0.05) is 12.8 Å². The third-order valence-corrected chi connectivity index (χ3v) is 3.10. The molecule has 0 unspecified atom stereocenters. The number of carbonyl (C=O) groups is 1. The van der Waals surface area contributed by atoms with Gasteiger partial charge in [0.05, 0.1) is 0 Å². The summed E-state index contributed by atoms with van der Waals surface area (Å²) in [5.74, 6) is 0.867. The summed E-state index contributed by atoms with van der Waals surface area (Å²) < 4.78 is 0. The lowest BCUT2D eigenvalue weighted by Crippen LogP contribution is -2.37. The normalized spacial score (nSPS) is 19.6. The van der Waals surface area contributed by atoms with Crippen LogP contribution in [-0.4, -0.2) is 18.5 Å². The molecule has 3 N–H and O–H groups in total. The second-order valence-electron chi connectivity index (χ2n) is 4.29. The van der Waals surface area contributed by atoms with Crippen LogP contribution in [-0.2, 0) is 4.79 Å². The van der Waals surface area contributed by atoms with Gasteiger partial charge in [0.25, 0.3) is 0 Å². The summed E-state index contributed by atoms with van der Waals surface area (Å²) in [6.45, 7) is 2.72. The monoisotopic (exact) mass is 198 g/mol. The van der Waals surface area contributed by atoms with Crippen LogP contribution in [0.25, 0.3) is 0 Å². The average Bonchev–Trinajstić information content (AvgIpc) is 2.67. The molecule has 82 valence electrons. The highest BCUT2D eigenvalue weighted by Gasteiger charge is 2.22. The van der Waals surface area contributed by atoms with Gasteiger partial charge in [0.15, 0.2) is 0 Å². The van der Waals surface area contributed by atoms with Crippen molar-refractivity contribution >= 4 is 5.91 Å². The van der Waals surface area contributed by atoms with E-state index in [1.165, 1.54) is 25.7 Å². The molecule has 0 spiro atoms. The SMILES string of the molecule is C[C@@H](NC(=O)CCCN)C1CCCC1. The van der Waals surface area contributed by atoms with Gasteiger partial charge >= 0.3 is 0 Å². The van der Waals surface area contributed by atoms with Crippen LogP contribution < -0.4 is 11.1 Å². The fourth-order valence-corrected chi connectivity index (χ4v) is 2.16. The molecule has 0 saturated heterocycles. The number of rotatable bonds is 5. The van der Waals surface area contributed by atoms with Gasteiger partial charge in [-0.25, -0.2) is 0 Å². The molecule has 1 fully saturated rings. The van der Waals surface area contributed by atoms with Gasteiger partial charge < -0.3 is 11.1 Å². The summed E-state index contributed by atoms with van der Waals surface area (Å²) in [5, 5.41) is 3.06. The Morgan fingerprint density at radius 2 is 2.14 bits per heavy atom. The van der Waals surface area contributed by atoms with E-state index in [2.05, 4.69) is 12.2 Å².